The van der Waals surface area contributed by atoms with Crippen LogP contribution in [-0.2, 0) is 4.79 Å². The van der Waals surface area contributed by atoms with Gasteiger partial charge < -0.3 is 15.2 Å². The van der Waals surface area contributed by atoms with Crippen LogP contribution in [0.3, 0.4) is 0 Å². The van der Waals surface area contributed by atoms with Crippen LogP contribution in [0.5, 0.6) is 11.5 Å². The first kappa shape index (κ1) is 16.0. The molecule has 22 heavy (non-hydrogen) atoms. The van der Waals surface area contributed by atoms with E-state index in [0.29, 0.717) is 21.9 Å². The topological polar surface area (TPSA) is 91.7 Å². The van der Waals surface area contributed by atoms with Gasteiger partial charge in [0.15, 0.2) is 11.5 Å². The number of nitrogens with two attached hydrogens (primary N) is 1. The van der Waals surface area contributed by atoms with E-state index in [9.17, 15) is 4.79 Å². The van der Waals surface area contributed by atoms with Gasteiger partial charge in [-0.25, -0.2) is 9.66 Å². The highest BCUT2D eigenvalue weighted by molar-refractivity contribution is 9.10. The number of halogens is 1. The van der Waals surface area contributed by atoms with Gasteiger partial charge >= 0.3 is 5.97 Å². The lowest BCUT2D eigenvalue weighted by Crippen LogP contribution is -2.04. The summed E-state index contributed by atoms with van der Waals surface area (Å²) in [6.45, 7) is 3.15. The van der Waals surface area contributed by atoms with Gasteiger partial charge in [0.1, 0.15) is 0 Å². The van der Waals surface area contributed by atoms with Crippen LogP contribution >= 0.6 is 15.9 Å². The number of hydrogen-bond acceptors (Lipinski definition) is 6. The Hall–Kier alpha value is -2.35. The molecule has 2 N–H and O–H groups in total. The normalized spacial score (nSPS) is 10.9. The molecule has 0 saturated heterocycles. The highest BCUT2D eigenvalue weighted by Gasteiger charge is 2.13. The number of nitrogen functional groups attached to an aromatic ring is 1. The Kier molecular flexibility index (Phi) is 4.81. The lowest BCUT2D eigenvalue weighted by molar-refractivity contribution is -0.132. The minimum atomic E-state index is -0.429. The number of esters is 1. The summed E-state index contributed by atoms with van der Waals surface area (Å²) >= 11 is 3.35. The van der Waals surface area contributed by atoms with Gasteiger partial charge in [0, 0.05) is 6.92 Å². The number of nitrogens with zero attached hydrogens (tertiary/aromatic N) is 3. The monoisotopic (exact) mass is 366 g/mol. The van der Waals surface area contributed by atoms with E-state index in [1.165, 1.54) is 18.7 Å². The molecule has 1 heterocycles. The molecule has 0 atom stereocenters. The molecule has 0 unspecified atom stereocenters. The van der Waals surface area contributed by atoms with Crippen LogP contribution in [0.2, 0.25) is 0 Å². The third-order valence-electron chi connectivity index (χ3n) is 2.66. The Morgan fingerprint density at radius 3 is 2.77 bits per heavy atom. The van der Waals surface area contributed by atoms with Gasteiger partial charge in [-0.1, -0.05) is 0 Å². The highest BCUT2D eigenvalue weighted by atomic mass is 79.9. The number of hydrogen-bond donors (Lipinski definition) is 1. The second-order valence-electron chi connectivity index (χ2n) is 4.46. The average Bonchev–Trinajstić information content (AvgIpc) is 2.76. The number of carbonyl (C=O) groups is 1. The lowest BCUT2D eigenvalue weighted by Gasteiger charge is -2.10. The van der Waals surface area contributed by atoms with Gasteiger partial charge in [-0.05, 0) is 40.5 Å². The smallest absolute Gasteiger partial charge is 0.308 e. The van der Waals surface area contributed by atoms with Gasteiger partial charge in [0.25, 0.3) is 0 Å². The summed E-state index contributed by atoms with van der Waals surface area (Å²) in [5.41, 5.74) is 7.23. The Balaban J connectivity index is 2.34. The van der Waals surface area contributed by atoms with E-state index in [4.69, 9.17) is 15.2 Å². The average molecular weight is 367 g/mol. The van der Waals surface area contributed by atoms with Gasteiger partial charge in [-0.3, -0.25) is 4.79 Å². The number of carbonyl (C=O) groups excluding carboxylic acids is 1. The van der Waals surface area contributed by atoms with E-state index >= 15 is 0 Å². The molecule has 2 rings (SSSR count). The van der Waals surface area contributed by atoms with Gasteiger partial charge in [0.2, 0.25) is 5.95 Å². The summed E-state index contributed by atoms with van der Waals surface area (Å²) in [4.78, 5) is 15.2. The zero-order valence-corrected chi connectivity index (χ0v) is 13.9. The summed E-state index contributed by atoms with van der Waals surface area (Å²) in [6, 6.07) is 3.46. The number of ether oxygens (including phenoxy) is 2. The summed E-state index contributed by atoms with van der Waals surface area (Å²) in [5.74, 6) is 0.615. The Morgan fingerprint density at radius 2 is 2.23 bits per heavy atom. The predicted octanol–water partition coefficient (Wildman–Crippen LogP) is 2.35. The fraction of sp³-hybridized carbons (Fsp3) is 0.214. The molecular formula is C14H15BrN4O3. The van der Waals surface area contributed by atoms with Crippen LogP contribution in [0.25, 0.3) is 0 Å². The molecular weight excluding hydrogens is 352 g/mol. The molecule has 0 aliphatic carbocycles. The van der Waals surface area contributed by atoms with Crippen molar-refractivity contribution in [2.24, 2.45) is 5.10 Å². The summed E-state index contributed by atoms with van der Waals surface area (Å²) < 4.78 is 12.4. The number of imidazole rings is 1. The van der Waals surface area contributed by atoms with Crippen molar-refractivity contribution in [3.8, 4) is 11.5 Å². The second-order valence-corrected chi connectivity index (χ2v) is 5.31. The van der Waals surface area contributed by atoms with E-state index in [1.54, 1.807) is 24.5 Å². The number of aryl methyl sites for hydroxylation is 1. The van der Waals surface area contributed by atoms with Crippen molar-refractivity contribution in [3.63, 3.8) is 0 Å². The highest BCUT2D eigenvalue weighted by Crippen LogP contribution is 2.36. The molecule has 0 fully saturated rings. The third kappa shape index (κ3) is 3.64. The molecule has 116 valence electrons. The molecule has 0 radical (unpaired) electrons. The van der Waals surface area contributed by atoms with Crippen LogP contribution in [0.15, 0.2) is 27.9 Å². The quantitative estimate of drug-likeness (QED) is 0.509. The van der Waals surface area contributed by atoms with Crippen LogP contribution in [0.4, 0.5) is 5.95 Å². The first-order valence-corrected chi connectivity index (χ1v) is 7.11. The number of anilines is 1. The van der Waals surface area contributed by atoms with Crippen molar-refractivity contribution in [1.82, 2.24) is 9.66 Å². The van der Waals surface area contributed by atoms with Crippen LogP contribution in [0.1, 0.15) is 18.2 Å². The third-order valence-corrected chi connectivity index (χ3v) is 3.25. The molecule has 0 spiro atoms. The minimum absolute atomic E-state index is 0.302. The lowest BCUT2D eigenvalue weighted by atomic mass is 10.2. The van der Waals surface area contributed by atoms with E-state index in [0.717, 1.165) is 11.3 Å². The number of aromatic nitrogens is 2. The molecule has 1 aromatic carbocycles. The van der Waals surface area contributed by atoms with Crippen LogP contribution in [-0.4, -0.2) is 29.0 Å². The number of benzene rings is 1. The molecule has 1 aromatic heterocycles. The predicted molar refractivity (Wildman–Crippen MR) is 86.4 cm³/mol. The first-order chi connectivity index (χ1) is 10.4. The molecule has 8 heteroatoms. The van der Waals surface area contributed by atoms with Crippen molar-refractivity contribution in [2.45, 2.75) is 13.8 Å². The van der Waals surface area contributed by atoms with Gasteiger partial charge in [-0.15, -0.1) is 0 Å². The van der Waals surface area contributed by atoms with Crippen molar-refractivity contribution in [3.05, 3.63) is 34.1 Å². The standard InChI is InChI=1S/C14H15BrN4O3/c1-8-7-19(14(16)18-8)17-6-10-4-11(15)13(22-9(2)20)12(5-10)21-3/h4-7H,1-3H3,(H2,16,18). The molecule has 0 aliphatic rings. The fourth-order valence-electron chi connectivity index (χ4n) is 1.78. The summed E-state index contributed by atoms with van der Waals surface area (Å²) in [5, 5.41) is 4.22. The van der Waals surface area contributed by atoms with E-state index in [2.05, 4.69) is 26.0 Å². The maximum Gasteiger partial charge on any atom is 0.308 e. The van der Waals surface area contributed by atoms with Gasteiger partial charge in [0.05, 0.1) is 29.7 Å². The van der Waals surface area contributed by atoms with E-state index in [1.807, 2.05) is 6.92 Å². The minimum Gasteiger partial charge on any atom is -0.493 e. The molecule has 2 aromatic rings. The molecule has 7 nitrogen and oxygen atoms in total. The number of methoxy groups -OCH3 is 1. The summed E-state index contributed by atoms with van der Waals surface area (Å²) in [7, 11) is 1.49. The molecule has 0 aliphatic heterocycles. The zero-order valence-electron chi connectivity index (χ0n) is 12.3. The Labute approximate surface area is 135 Å². The van der Waals surface area contributed by atoms with E-state index < -0.39 is 5.97 Å². The zero-order chi connectivity index (χ0) is 16.3. The van der Waals surface area contributed by atoms with E-state index in [-0.39, 0.29) is 0 Å². The largest absolute Gasteiger partial charge is 0.493 e. The van der Waals surface area contributed by atoms with Crippen LogP contribution < -0.4 is 15.2 Å². The maximum atomic E-state index is 11.1. The molecule has 0 saturated carbocycles. The van der Waals surface area contributed by atoms with Crippen molar-refractivity contribution in [1.29, 1.82) is 0 Å². The molecule has 0 amide bonds. The fourth-order valence-corrected chi connectivity index (χ4v) is 2.32. The molecule has 0 bridgehead atoms. The number of rotatable bonds is 4. The Morgan fingerprint density at radius 1 is 1.50 bits per heavy atom. The van der Waals surface area contributed by atoms with Crippen molar-refractivity contribution < 1.29 is 14.3 Å². The SMILES string of the molecule is COc1cc(C=Nn2cc(C)nc2N)cc(Br)c1OC(C)=O. The van der Waals surface area contributed by atoms with Crippen molar-refractivity contribution >= 4 is 34.1 Å². The maximum absolute atomic E-state index is 11.1. The Bertz CT molecular complexity index is 740. The first-order valence-electron chi connectivity index (χ1n) is 6.32. The van der Waals surface area contributed by atoms with Crippen LogP contribution in [0, 0.1) is 6.92 Å². The second kappa shape index (κ2) is 6.61. The summed E-state index contributed by atoms with van der Waals surface area (Å²) in [6.07, 6.45) is 3.31. The van der Waals surface area contributed by atoms with Gasteiger partial charge in [-0.2, -0.15) is 5.10 Å². The van der Waals surface area contributed by atoms with Crippen molar-refractivity contribution in [2.75, 3.05) is 12.8 Å².